The average Bonchev–Trinajstić information content (AvgIpc) is 2.96. The van der Waals surface area contributed by atoms with Gasteiger partial charge in [0, 0.05) is 18.6 Å². The van der Waals surface area contributed by atoms with Crippen molar-refractivity contribution in [3.05, 3.63) is 0 Å². The van der Waals surface area contributed by atoms with Gasteiger partial charge in [-0.3, -0.25) is 4.79 Å². The Bertz CT molecular complexity index is 352. The third-order valence-electron chi connectivity index (χ3n) is 3.91. The lowest BCUT2D eigenvalue weighted by Gasteiger charge is -2.38. The van der Waals surface area contributed by atoms with Crippen molar-refractivity contribution >= 4 is 12.0 Å². The van der Waals surface area contributed by atoms with Crippen molar-refractivity contribution in [3.8, 4) is 0 Å². The summed E-state index contributed by atoms with van der Waals surface area (Å²) in [6.07, 6.45) is 3.43. The quantitative estimate of drug-likeness (QED) is 0.767. The van der Waals surface area contributed by atoms with E-state index >= 15 is 0 Å². The number of hydrogen-bond donors (Lipinski definition) is 2. The van der Waals surface area contributed by atoms with E-state index in [1.165, 1.54) is 0 Å². The molecule has 2 fully saturated rings. The van der Waals surface area contributed by atoms with Crippen molar-refractivity contribution in [1.82, 2.24) is 10.2 Å². The van der Waals surface area contributed by atoms with E-state index in [4.69, 9.17) is 0 Å². The second kappa shape index (κ2) is 3.89. The van der Waals surface area contributed by atoms with Gasteiger partial charge in [-0.15, -0.1) is 0 Å². The van der Waals surface area contributed by atoms with Gasteiger partial charge >= 0.3 is 12.0 Å². The Morgan fingerprint density at radius 3 is 2.41 bits per heavy atom. The Labute approximate surface area is 101 Å². The van der Waals surface area contributed by atoms with Gasteiger partial charge in [-0.05, 0) is 39.5 Å². The normalized spacial score (nSPS) is 30.8. The lowest BCUT2D eigenvalue weighted by molar-refractivity contribution is -0.150. The van der Waals surface area contributed by atoms with Crippen molar-refractivity contribution in [2.24, 2.45) is 5.41 Å². The number of nitrogens with one attached hydrogen (secondary N) is 1. The monoisotopic (exact) mass is 240 g/mol. The van der Waals surface area contributed by atoms with Crippen LogP contribution >= 0.6 is 0 Å². The summed E-state index contributed by atoms with van der Waals surface area (Å²) in [5, 5.41) is 12.2. The zero-order valence-corrected chi connectivity index (χ0v) is 10.5. The fraction of sp³-hybridized carbons (Fsp3) is 0.833. The molecule has 1 saturated carbocycles. The molecule has 1 aliphatic heterocycles. The van der Waals surface area contributed by atoms with Gasteiger partial charge in [0.25, 0.3) is 0 Å². The molecule has 0 bridgehead atoms. The van der Waals surface area contributed by atoms with Crippen LogP contribution in [0.4, 0.5) is 4.79 Å². The third kappa shape index (κ3) is 2.53. The number of carboxylic acids is 1. The molecule has 1 saturated heterocycles. The largest absolute Gasteiger partial charge is 0.481 e. The van der Waals surface area contributed by atoms with E-state index < -0.39 is 11.4 Å². The number of aliphatic carboxylic acids is 1. The van der Waals surface area contributed by atoms with E-state index in [0.717, 1.165) is 19.3 Å². The molecule has 1 heterocycles. The molecular formula is C12H20N2O3. The minimum absolute atomic E-state index is 0.0475. The molecule has 1 unspecified atom stereocenters. The summed E-state index contributed by atoms with van der Waals surface area (Å²) >= 11 is 0. The van der Waals surface area contributed by atoms with Gasteiger partial charge in [-0.1, -0.05) is 0 Å². The van der Waals surface area contributed by atoms with Crippen LogP contribution in [-0.2, 0) is 4.79 Å². The van der Waals surface area contributed by atoms with E-state index in [0.29, 0.717) is 19.5 Å². The average molecular weight is 240 g/mol. The van der Waals surface area contributed by atoms with Crippen LogP contribution in [0.2, 0.25) is 0 Å². The molecule has 96 valence electrons. The van der Waals surface area contributed by atoms with Gasteiger partial charge in [0.2, 0.25) is 0 Å². The Hall–Kier alpha value is -1.26. The Morgan fingerprint density at radius 1 is 1.24 bits per heavy atom. The molecule has 17 heavy (non-hydrogen) atoms. The highest BCUT2D eigenvalue weighted by molar-refractivity contribution is 5.79. The van der Waals surface area contributed by atoms with Crippen molar-refractivity contribution in [1.29, 1.82) is 0 Å². The SMILES string of the molecule is CC1(NC(=O)N2CCCC(C)(C(=O)O)C2)CC1. The standard InChI is InChI=1S/C12H20N2O3/c1-11(9(15)16)4-3-7-14(8-11)10(17)13-12(2)5-6-12/h3-8H2,1-2H3,(H,13,17)(H,15,16). The van der Waals surface area contributed by atoms with Crippen LogP contribution in [0.25, 0.3) is 0 Å². The van der Waals surface area contributed by atoms with Gasteiger partial charge in [-0.2, -0.15) is 0 Å². The van der Waals surface area contributed by atoms with Gasteiger partial charge < -0.3 is 15.3 Å². The number of carbonyl (C=O) groups is 2. The molecule has 1 aliphatic carbocycles. The maximum Gasteiger partial charge on any atom is 0.317 e. The number of carboxylic acid groups (broad SMARTS) is 1. The lowest BCUT2D eigenvalue weighted by Crippen LogP contribution is -2.53. The fourth-order valence-electron chi connectivity index (χ4n) is 2.24. The number of amides is 2. The summed E-state index contributed by atoms with van der Waals surface area (Å²) in [6.45, 7) is 4.70. The molecule has 2 N–H and O–H groups in total. The van der Waals surface area contributed by atoms with Crippen molar-refractivity contribution in [2.45, 2.75) is 45.1 Å². The van der Waals surface area contributed by atoms with Crippen LogP contribution < -0.4 is 5.32 Å². The molecule has 2 amide bonds. The number of piperidine rings is 1. The van der Waals surface area contributed by atoms with Crippen molar-refractivity contribution in [3.63, 3.8) is 0 Å². The van der Waals surface area contributed by atoms with Crippen molar-refractivity contribution in [2.75, 3.05) is 13.1 Å². The number of carbonyl (C=O) groups excluding carboxylic acids is 1. The van der Waals surface area contributed by atoms with Gasteiger partial charge in [0.1, 0.15) is 0 Å². The van der Waals surface area contributed by atoms with Crippen LogP contribution in [0, 0.1) is 5.41 Å². The second-order valence-electron chi connectivity index (χ2n) is 5.88. The molecule has 0 radical (unpaired) electrons. The maximum atomic E-state index is 12.0. The first-order valence-corrected chi connectivity index (χ1v) is 6.15. The summed E-state index contributed by atoms with van der Waals surface area (Å²) < 4.78 is 0. The van der Waals surface area contributed by atoms with E-state index in [-0.39, 0.29) is 11.6 Å². The summed E-state index contributed by atoms with van der Waals surface area (Å²) in [4.78, 5) is 24.8. The zero-order chi connectivity index (χ0) is 12.7. The van der Waals surface area contributed by atoms with Crippen molar-refractivity contribution < 1.29 is 14.7 Å². The topological polar surface area (TPSA) is 69.6 Å². The molecule has 5 heteroatoms. The molecule has 2 aliphatic rings. The van der Waals surface area contributed by atoms with Gasteiger partial charge in [-0.25, -0.2) is 4.79 Å². The first kappa shape index (κ1) is 12.2. The minimum Gasteiger partial charge on any atom is -0.481 e. The zero-order valence-electron chi connectivity index (χ0n) is 10.5. The predicted octanol–water partition coefficient (Wildman–Crippen LogP) is 1.44. The second-order valence-corrected chi connectivity index (χ2v) is 5.88. The molecule has 1 atom stereocenters. The number of urea groups is 1. The smallest absolute Gasteiger partial charge is 0.317 e. The molecular weight excluding hydrogens is 220 g/mol. The highest BCUT2D eigenvalue weighted by atomic mass is 16.4. The fourth-order valence-corrected chi connectivity index (χ4v) is 2.24. The third-order valence-corrected chi connectivity index (χ3v) is 3.91. The van der Waals surface area contributed by atoms with Crippen LogP contribution in [0.1, 0.15) is 39.5 Å². The van der Waals surface area contributed by atoms with Crippen LogP contribution in [0.3, 0.4) is 0 Å². The summed E-state index contributed by atoms with van der Waals surface area (Å²) in [5.41, 5.74) is -0.839. The molecule has 5 nitrogen and oxygen atoms in total. The van der Waals surface area contributed by atoms with E-state index in [1.54, 1.807) is 11.8 Å². The van der Waals surface area contributed by atoms with E-state index in [2.05, 4.69) is 5.32 Å². The summed E-state index contributed by atoms with van der Waals surface area (Å²) in [5.74, 6) is -0.812. The first-order valence-electron chi connectivity index (χ1n) is 6.15. The molecule has 0 aromatic heterocycles. The maximum absolute atomic E-state index is 12.0. The Morgan fingerprint density at radius 2 is 1.88 bits per heavy atom. The highest BCUT2D eigenvalue weighted by Gasteiger charge is 2.43. The number of likely N-dealkylation sites (tertiary alicyclic amines) is 1. The first-order chi connectivity index (χ1) is 7.85. The highest BCUT2D eigenvalue weighted by Crippen LogP contribution is 2.35. The number of rotatable bonds is 2. The lowest BCUT2D eigenvalue weighted by atomic mass is 9.82. The van der Waals surface area contributed by atoms with E-state index in [9.17, 15) is 14.7 Å². The molecule has 0 spiro atoms. The Kier molecular flexibility index (Phi) is 2.79. The molecule has 0 aromatic carbocycles. The Balaban J connectivity index is 1.97. The number of nitrogens with zero attached hydrogens (tertiary/aromatic N) is 1. The predicted molar refractivity (Wildman–Crippen MR) is 62.7 cm³/mol. The summed E-state index contributed by atoms with van der Waals surface area (Å²) in [7, 11) is 0. The molecule has 2 rings (SSSR count). The van der Waals surface area contributed by atoms with Crippen LogP contribution in [0.15, 0.2) is 0 Å². The minimum atomic E-state index is -0.812. The summed E-state index contributed by atoms with van der Waals surface area (Å²) in [6, 6.07) is -0.114. The van der Waals surface area contributed by atoms with Gasteiger partial charge in [0.05, 0.1) is 5.41 Å². The van der Waals surface area contributed by atoms with Gasteiger partial charge in [0.15, 0.2) is 0 Å². The van der Waals surface area contributed by atoms with Crippen LogP contribution in [0.5, 0.6) is 0 Å². The van der Waals surface area contributed by atoms with Crippen LogP contribution in [-0.4, -0.2) is 40.6 Å². The molecule has 0 aromatic rings. The van der Waals surface area contributed by atoms with E-state index in [1.807, 2.05) is 6.92 Å². The number of hydrogen-bond acceptors (Lipinski definition) is 2.